The van der Waals surface area contributed by atoms with Gasteiger partial charge in [-0.25, -0.2) is 0 Å². The molecule has 0 saturated heterocycles. The maximum atomic E-state index is 11.7. The van der Waals surface area contributed by atoms with Crippen molar-refractivity contribution in [2.45, 2.75) is 19.4 Å². The Kier molecular flexibility index (Phi) is 5.12. The number of nitrogens with two attached hydrogens (primary N) is 1. The fraction of sp³-hybridized carbons (Fsp3) is 0.267. The molecule has 3 N–H and O–H groups in total. The van der Waals surface area contributed by atoms with Crippen LogP contribution in [-0.2, 0) is 24.2 Å². The van der Waals surface area contributed by atoms with Gasteiger partial charge >= 0.3 is 0 Å². The monoisotopic (exact) mass is 274 g/mol. The van der Waals surface area contributed by atoms with Crippen LogP contribution < -0.4 is 11.1 Å². The zero-order valence-corrected chi connectivity index (χ0v) is 11.6. The zero-order chi connectivity index (χ0) is 13.5. The van der Waals surface area contributed by atoms with Crippen molar-refractivity contribution in [2.75, 3.05) is 6.54 Å². The van der Waals surface area contributed by atoms with Crippen molar-refractivity contribution in [1.29, 1.82) is 0 Å². The quantitative estimate of drug-likeness (QED) is 0.847. The zero-order valence-electron chi connectivity index (χ0n) is 10.8. The first-order chi connectivity index (χ1) is 9.28. The van der Waals surface area contributed by atoms with Gasteiger partial charge in [-0.15, -0.1) is 11.3 Å². The smallest absolute Gasteiger partial charge is 0.225 e. The lowest BCUT2D eigenvalue weighted by molar-refractivity contribution is -0.120. The number of amides is 1. The van der Waals surface area contributed by atoms with Crippen molar-refractivity contribution >= 4 is 17.2 Å². The number of carbonyl (C=O) groups excluding carboxylic acids is 1. The molecule has 0 fully saturated rings. The van der Waals surface area contributed by atoms with Gasteiger partial charge in [-0.2, -0.15) is 0 Å². The Balaban J connectivity index is 1.79. The van der Waals surface area contributed by atoms with Gasteiger partial charge in [-0.05, 0) is 35.5 Å². The molecule has 1 heterocycles. The normalized spacial score (nSPS) is 10.4. The Morgan fingerprint density at radius 3 is 2.53 bits per heavy atom. The van der Waals surface area contributed by atoms with Crippen LogP contribution in [0, 0.1) is 0 Å². The molecule has 100 valence electrons. The lowest BCUT2D eigenvalue weighted by atomic mass is 10.1. The van der Waals surface area contributed by atoms with Crippen molar-refractivity contribution < 1.29 is 4.79 Å². The molecule has 0 spiro atoms. The molecule has 0 bridgehead atoms. The summed E-state index contributed by atoms with van der Waals surface area (Å²) in [6, 6.07) is 12.1. The Labute approximate surface area is 117 Å². The summed E-state index contributed by atoms with van der Waals surface area (Å²) in [5, 5.41) is 4.92. The third-order valence-electron chi connectivity index (χ3n) is 2.86. The van der Waals surface area contributed by atoms with Crippen molar-refractivity contribution in [1.82, 2.24) is 5.32 Å². The van der Waals surface area contributed by atoms with Gasteiger partial charge in [0.05, 0.1) is 6.42 Å². The molecule has 1 aromatic carbocycles. The topological polar surface area (TPSA) is 55.1 Å². The van der Waals surface area contributed by atoms with Crippen LogP contribution in [0.15, 0.2) is 41.8 Å². The highest BCUT2D eigenvalue weighted by Crippen LogP contribution is 2.09. The minimum atomic E-state index is 0.0634. The maximum Gasteiger partial charge on any atom is 0.225 e. The molecule has 0 radical (unpaired) electrons. The van der Waals surface area contributed by atoms with Crippen molar-refractivity contribution in [2.24, 2.45) is 5.73 Å². The lowest BCUT2D eigenvalue weighted by Crippen LogP contribution is -2.24. The molecule has 4 heteroatoms. The fourth-order valence-electron chi connectivity index (χ4n) is 1.83. The largest absolute Gasteiger partial charge is 0.352 e. The first kappa shape index (κ1) is 13.8. The molecular weight excluding hydrogens is 256 g/mol. The van der Waals surface area contributed by atoms with E-state index in [-0.39, 0.29) is 5.91 Å². The molecule has 0 saturated carbocycles. The predicted molar refractivity (Wildman–Crippen MR) is 79.1 cm³/mol. The standard InChI is InChI=1S/C15H18N2OS/c16-8-7-12-3-5-13(6-4-12)11-17-15(18)10-14-2-1-9-19-14/h1-6,9H,7-8,10-11,16H2,(H,17,18). The van der Waals surface area contributed by atoms with Crippen LogP contribution >= 0.6 is 11.3 Å². The summed E-state index contributed by atoms with van der Waals surface area (Å²) in [5.74, 6) is 0.0634. The minimum absolute atomic E-state index is 0.0634. The van der Waals surface area contributed by atoms with Gasteiger partial charge in [0.1, 0.15) is 0 Å². The number of carbonyl (C=O) groups is 1. The second-order valence-corrected chi connectivity index (χ2v) is 5.42. The highest BCUT2D eigenvalue weighted by Gasteiger charge is 2.03. The van der Waals surface area contributed by atoms with Crippen molar-refractivity contribution in [3.8, 4) is 0 Å². The summed E-state index contributed by atoms with van der Waals surface area (Å²) in [5.41, 5.74) is 7.85. The van der Waals surface area contributed by atoms with Crippen LogP contribution in [0.25, 0.3) is 0 Å². The van der Waals surface area contributed by atoms with Crippen LogP contribution in [0.5, 0.6) is 0 Å². The molecule has 1 aromatic heterocycles. The molecule has 19 heavy (non-hydrogen) atoms. The van der Waals surface area contributed by atoms with E-state index in [1.165, 1.54) is 5.56 Å². The van der Waals surface area contributed by atoms with Crippen molar-refractivity contribution in [3.63, 3.8) is 0 Å². The van der Waals surface area contributed by atoms with Crippen LogP contribution in [-0.4, -0.2) is 12.5 Å². The lowest BCUT2D eigenvalue weighted by Gasteiger charge is -2.05. The average molecular weight is 274 g/mol. The highest BCUT2D eigenvalue weighted by atomic mass is 32.1. The number of benzene rings is 1. The summed E-state index contributed by atoms with van der Waals surface area (Å²) in [6.07, 6.45) is 1.36. The van der Waals surface area contributed by atoms with Crippen LogP contribution in [0.3, 0.4) is 0 Å². The van der Waals surface area contributed by atoms with Gasteiger partial charge < -0.3 is 11.1 Å². The Morgan fingerprint density at radius 2 is 1.89 bits per heavy atom. The molecule has 0 aliphatic carbocycles. The predicted octanol–water partition coefficient (Wildman–Crippen LogP) is 2.11. The summed E-state index contributed by atoms with van der Waals surface area (Å²) < 4.78 is 0. The summed E-state index contributed by atoms with van der Waals surface area (Å²) in [4.78, 5) is 12.8. The maximum absolute atomic E-state index is 11.7. The Hall–Kier alpha value is -1.65. The number of hydrogen-bond donors (Lipinski definition) is 2. The molecule has 0 aliphatic rings. The van der Waals surface area contributed by atoms with E-state index in [1.807, 2.05) is 29.6 Å². The molecule has 0 unspecified atom stereocenters. The third kappa shape index (κ3) is 4.50. The van der Waals surface area contributed by atoms with Crippen LogP contribution in [0.2, 0.25) is 0 Å². The summed E-state index contributed by atoms with van der Waals surface area (Å²) in [7, 11) is 0. The van der Waals surface area contributed by atoms with Gasteiger partial charge in [0.15, 0.2) is 0 Å². The molecular formula is C15H18N2OS. The van der Waals surface area contributed by atoms with E-state index in [1.54, 1.807) is 11.3 Å². The number of rotatable bonds is 6. The molecule has 0 atom stereocenters. The van der Waals surface area contributed by atoms with Gasteiger partial charge in [0.25, 0.3) is 0 Å². The first-order valence-corrected chi connectivity index (χ1v) is 7.23. The van der Waals surface area contributed by atoms with E-state index in [0.717, 1.165) is 16.9 Å². The SMILES string of the molecule is NCCc1ccc(CNC(=O)Cc2cccs2)cc1. The average Bonchev–Trinajstić information content (AvgIpc) is 2.91. The van der Waals surface area contributed by atoms with E-state index in [4.69, 9.17) is 5.73 Å². The second kappa shape index (κ2) is 7.07. The number of hydrogen-bond acceptors (Lipinski definition) is 3. The molecule has 3 nitrogen and oxygen atoms in total. The van der Waals surface area contributed by atoms with E-state index in [0.29, 0.717) is 19.5 Å². The van der Waals surface area contributed by atoms with E-state index in [9.17, 15) is 4.79 Å². The van der Waals surface area contributed by atoms with Gasteiger partial charge in [0, 0.05) is 11.4 Å². The van der Waals surface area contributed by atoms with Crippen molar-refractivity contribution in [3.05, 3.63) is 57.8 Å². The Morgan fingerprint density at radius 1 is 1.16 bits per heavy atom. The third-order valence-corrected chi connectivity index (χ3v) is 3.74. The summed E-state index contributed by atoms with van der Waals surface area (Å²) >= 11 is 1.61. The fourth-order valence-corrected chi connectivity index (χ4v) is 2.53. The molecule has 2 rings (SSSR count). The van der Waals surface area contributed by atoms with Gasteiger partial charge in [0.2, 0.25) is 5.91 Å². The molecule has 1 amide bonds. The second-order valence-electron chi connectivity index (χ2n) is 4.39. The minimum Gasteiger partial charge on any atom is -0.352 e. The number of nitrogens with one attached hydrogen (secondary N) is 1. The Bertz CT molecular complexity index is 505. The summed E-state index contributed by atoms with van der Waals surface area (Å²) in [6.45, 7) is 1.24. The van der Waals surface area contributed by atoms with Gasteiger partial charge in [-0.3, -0.25) is 4.79 Å². The first-order valence-electron chi connectivity index (χ1n) is 6.35. The van der Waals surface area contributed by atoms with E-state index >= 15 is 0 Å². The number of thiophene rings is 1. The van der Waals surface area contributed by atoms with E-state index in [2.05, 4.69) is 17.4 Å². The van der Waals surface area contributed by atoms with Crippen LogP contribution in [0.4, 0.5) is 0 Å². The molecule has 0 aliphatic heterocycles. The van der Waals surface area contributed by atoms with Crippen LogP contribution in [0.1, 0.15) is 16.0 Å². The van der Waals surface area contributed by atoms with Gasteiger partial charge in [-0.1, -0.05) is 30.3 Å². The van der Waals surface area contributed by atoms with E-state index < -0.39 is 0 Å². The highest BCUT2D eigenvalue weighted by molar-refractivity contribution is 7.10. The molecule has 2 aromatic rings.